The molecule has 23 heavy (non-hydrogen) atoms. The van der Waals surface area contributed by atoms with E-state index in [9.17, 15) is 9.65 Å². The van der Waals surface area contributed by atoms with Crippen LogP contribution in [-0.4, -0.2) is 4.98 Å². The van der Waals surface area contributed by atoms with Crippen LogP contribution in [-0.2, 0) is 0 Å². The number of nitrogens with zero attached hydrogens (tertiary/aromatic N) is 2. The van der Waals surface area contributed by atoms with Crippen molar-refractivity contribution in [2.75, 3.05) is 5.32 Å². The zero-order valence-electron chi connectivity index (χ0n) is 12.8. The Morgan fingerprint density at radius 3 is 2.74 bits per heavy atom. The van der Waals surface area contributed by atoms with Gasteiger partial charge in [0.1, 0.15) is 17.7 Å². The summed E-state index contributed by atoms with van der Waals surface area (Å²) in [6.45, 7) is 2.01. The van der Waals surface area contributed by atoms with Gasteiger partial charge in [0.2, 0.25) is 0 Å². The summed E-state index contributed by atoms with van der Waals surface area (Å²) in [6.07, 6.45) is 0.753. The van der Waals surface area contributed by atoms with Crippen LogP contribution in [0.1, 0.15) is 30.5 Å². The van der Waals surface area contributed by atoms with Crippen molar-refractivity contribution in [1.82, 2.24) is 4.98 Å². The molecule has 3 nitrogen and oxygen atoms in total. The van der Waals surface area contributed by atoms with Crippen LogP contribution in [0.2, 0.25) is 0 Å². The van der Waals surface area contributed by atoms with E-state index in [1.807, 2.05) is 43.3 Å². The molecule has 0 saturated carbocycles. The molecule has 3 aromatic rings. The van der Waals surface area contributed by atoms with Gasteiger partial charge in [0.25, 0.3) is 0 Å². The average Bonchev–Trinajstić information content (AvgIpc) is 2.58. The molecule has 0 radical (unpaired) electrons. The van der Waals surface area contributed by atoms with Gasteiger partial charge in [-0.1, -0.05) is 37.3 Å². The van der Waals surface area contributed by atoms with E-state index in [0.717, 1.165) is 22.9 Å². The maximum absolute atomic E-state index is 13.5. The number of benzene rings is 2. The van der Waals surface area contributed by atoms with Gasteiger partial charge in [-0.25, -0.2) is 9.37 Å². The number of aromatic nitrogens is 1. The first-order valence-corrected chi connectivity index (χ1v) is 7.53. The lowest BCUT2D eigenvalue weighted by Gasteiger charge is -2.19. The normalized spacial score (nSPS) is 11.9. The summed E-state index contributed by atoms with van der Waals surface area (Å²) in [5.74, 6) is 0.261. The highest BCUT2D eigenvalue weighted by Gasteiger charge is 2.14. The SMILES string of the molecule is CC[C@@H](Nc1nc2ccccc2cc1C#N)c1cccc(F)c1. The monoisotopic (exact) mass is 305 g/mol. The van der Waals surface area contributed by atoms with Gasteiger partial charge in [-0.3, -0.25) is 0 Å². The maximum atomic E-state index is 13.5. The fraction of sp³-hybridized carbons (Fsp3) is 0.158. The quantitative estimate of drug-likeness (QED) is 0.752. The Hall–Kier alpha value is -2.93. The van der Waals surface area contributed by atoms with Crippen LogP contribution >= 0.6 is 0 Å². The molecule has 1 aromatic heterocycles. The standard InChI is InChI=1S/C19H16FN3/c1-2-17(14-7-5-8-16(20)11-14)22-19-15(12-21)10-13-6-3-4-9-18(13)23-19/h3-11,17H,2H2,1H3,(H,22,23)/t17-/m1/s1. The summed E-state index contributed by atoms with van der Waals surface area (Å²) >= 11 is 0. The lowest BCUT2D eigenvalue weighted by atomic mass is 10.0. The average molecular weight is 305 g/mol. The van der Waals surface area contributed by atoms with E-state index in [2.05, 4.69) is 16.4 Å². The molecule has 0 spiro atoms. The molecule has 0 amide bonds. The van der Waals surface area contributed by atoms with Gasteiger partial charge in [0.15, 0.2) is 0 Å². The van der Waals surface area contributed by atoms with Crippen molar-refractivity contribution in [3.8, 4) is 6.07 Å². The maximum Gasteiger partial charge on any atom is 0.145 e. The summed E-state index contributed by atoms with van der Waals surface area (Å²) in [6, 6.07) is 18.1. The second-order valence-corrected chi connectivity index (χ2v) is 5.35. The number of hydrogen-bond donors (Lipinski definition) is 1. The van der Waals surface area contributed by atoms with E-state index in [1.165, 1.54) is 12.1 Å². The summed E-state index contributed by atoms with van der Waals surface area (Å²) in [7, 11) is 0. The fourth-order valence-electron chi connectivity index (χ4n) is 2.62. The molecule has 0 fully saturated rings. The first-order chi connectivity index (χ1) is 11.2. The summed E-state index contributed by atoms with van der Waals surface area (Å²) in [5, 5.41) is 13.6. The van der Waals surface area contributed by atoms with Gasteiger partial charge in [-0.05, 0) is 36.2 Å². The summed E-state index contributed by atoms with van der Waals surface area (Å²) in [4.78, 5) is 4.55. The van der Waals surface area contributed by atoms with Gasteiger partial charge in [-0.15, -0.1) is 0 Å². The topological polar surface area (TPSA) is 48.7 Å². The molecule has 1 N–H and O–H groups in total. The molecule has 4 heteroatoms. The largest absolute Gasteiger partial charge is 0.362 e. The van der Waals surface area contributed by atoms with Crippen LogP contribution < -0.4 is 5.32 Å². The Kier molecular flexibility index (Phi) is 4.20. The number of fused-ring (bicyclic) bond motifs is 1. The molecular formula is C19H16FN3. The Morgan fingerprint density at radius 2 is 2.00 bits per heavy atom. The lowest BCUT2D eigenvalue weighted by molar-refractivity contribution is 0.620. The van der Waals surface area contributed by atoms with E-state index in [1.54, 1.807) is 6.07 Å². The van der Waals surface area contributed by atoms with Crippen LogP contribution in [0.4, 0.5) is 10.2 Å². The van der Waals surface area contributed by atoms with Crippen LogP contribution in [0.3, 0.4) is 0 Å². The van der Waals surface area contributed by atoms with Crippen LogP contribution in [0.5, 0.6) is 0 Å². The van der Waals surface area contributed by atoms with Crippen LogP contribution in [0.25, 0.3) is 10.9 Å². The van der Waals surface area contributed by atoms with E-state index < -0.39 is 0 Å². The van der Waals surface area contributed by atoms with Gasteiger partial charge in [-0.2, -0.15) is 5.26 Å². The smallest absolute Gasteiger partial charge is 0.145 e. The lowest BCUT2D eigenvalue weighted by Crippen LogP contribution is -2.12. The minimum atomic E-state index is -0.269. The highest BCUT2D eigenvalue weighted by atomic mass is 19.1. The van der Waals surface area contributed by atoms with Crippen molar-refractivity contribution in [3.63, 3.8) is 0 Å². The highest BCUT2D eigenvalue weighted by Crippen LogP contribution is 2.26. The molecule has 0 aliphatic carbocycles. The molecule has 1 atom stereocenters. The molecule has 0 bridgehead atoms. The van der Waals surface area contributed by atoms with Crippen molar-refractivity contribution in [2.24, 2.45) is 0 Å². The molecule has 0 aliphatic rings. The van der Waals surface area contributed by atoms with Gasteiger partial charge in [0, 0.05) is 5.39 Å². The molecular weight excluding hydrogens is 289 g/mol. The highest BCUT2D eigenvalue weighted by molar-refractivity contribution is 5.82. The van der Waals surface area contributed by atoms with Gasteiger partial charge in [0.05, 0.1) is 17.1 Å². The number of anilines is 1. The number of nitriles is 1. The molecule has 114 valence electrons. The number of halogens is 1. The Morgan fingerprint density at radius 1 is 1.17 bits per heavy atom. The molecule has 0 saturated heterocycles. The van der Waals surface area contributed by atoms with Crippen molar-refractivity contribution >= 4 is 16.7 Å². The first-order valence-electron chi connectivity index (χ1n) is 7.53. The van der Waals surface area contributed by atoms with Gasteiger partial charge >= 0.3 is 0 Å². The fourth-order valence-corrected chi connectivity index (χ4v) is 2.62. The molecule has 3 rings (SSSR count). The Balaban J connectivity index is 2.00. The van der Waals surface area contributed by atoms with E-state index in [4.69, 9.17) is 0 Å². The Labute approximate surface area is 134 Å². The number of hydrogen-bond acceptors (Lipinski definition) is 3. The van der Waals surface area contributed by atoms with Crippen molar-refractivity contribution in [1.29, 1.82) is 5.26 Å². The molecule has 2 aromatic carbocycles. The predicted octanol–water partition coefficient (Wildman–Crippen LogP) is 4.81. The van der Waals surface area contributed by atoms with Crippen molar-refractivity contribution in [2.45, 2.75) is 19.4 Å². The van der Waals surface area contributed by atoms with E-state index in [-0.39, 0.29) is 11.9 Å². The third-order valence-electron chi connectivity index (χ3n) is 3.81. The number of para-hydroxylation sites is 1. The number of rotatable bonds is 4. The number of nitrogens with one attached hydrogen (secondary N) is 1. The second-order valence-electron chi connectivity index (χ2n) is 5.35. The molecule has 1 heterocycles. The molecule has 0 aliphatic heterocycles. The zero-order chi connectivity index (χ0) is 16.2. The summed E-state index contributed by atoms with van der Waals surface area (Å²) in [5.41, 5.74) is 2.15. The second kappa shape index (κ2) is 6.45. The molecule has 0 unspecified atom stereocenters. The number of pyridine rings is 1. The van der Waals surface area contributed by atoms with Crippen LogP contribution in [0, 0.1) is 17.1 Å². The van der Waals surface area contributed by atoms with Crippen molar-refractivity contribution in [3.05, 3.63) is 71.5 Å². The van der Waals surface area contributed by atoms with Crippen LogP contribution in [0.15, 0.2) is 54.6 Å². The third kappa shape index (κ3) is 3.14. The van der Waals surface area contributed by atoms with Crippen molar-refractivity contribution < 1.29 is 4.39 Å². The van der Waals surface area contributed by atoms with E-state index in [0.29, 0.717) is 11.4 Å². The zero-order valence-corrected chi connectivity index (χ0v) is 12.8. The van der Waals surface area contributed by atoms with E-state index >= 15 is 0 Å². The third-order valence-corrected chi connectivity index (χ3v) is 3.81. The van der Waals surface area contributed by atoms with Gasteiger partial charge < -0.3 is 5.32 Å². The Bertz CT molecular complexity index is 883. The minimum absolute atomic E-state index is 0.105. The minimum Gasteiger partial charge on any atom is -0.362 e. The summed E-state index contributed by atoms with van der Waals surface area (Å²) < 4.78 is 13.5. The predicted molar refractivity (Wildman–Crippen MR) is 89.5 cm³/mol. The first kappa shape index (κ1) is 15.0.